The van der Waals surface area contributed by atoms with Gasteiger partial charge in [0.25, 0.3) is 0 Å². The van der Waals surface area contributed by atoms with Crippen LogP contribution in [0.4, 0.5) is 0 Å². The third-order valence-electron chi connectivity index (χ3n) is 3.21. The van der Waals surface area contributed by atoms with Crippen molar-refractivity contribution in [2.24, 2.45) is 5.10 Å². The summed E-state index contributed by atoms with van der Waals surface area (Å²) in [5.41, 5.74) is 4.62. The predicted octanol–water partition coefficient (Wildman–Crippen LogP) is 3.67. The Hall–Kier alpha value is -2.16. The number of carbonyl (C=O) groups is 1. The van der Waals surface area contributed by atoms with E-state index in [2.05, 4.69) is 29.6 Å². The summed E-state index contributed by atoms with van der Waals surface area (Å²) in [7, 11) is 0. The van der Waals surface area contributed by atoms with Crippen LogP contribution >= 0.6 is 0 Å². The van der Waals surface area contributed by atoms with Crippen molar-refractivity contribution >= 4 is 22.4 Å². The monoisotopic (exact) mass is 268 g/mol. The summed E-state index contributed by atoms with van der Waals surface area (Å²) < 4.78 is 0. The third kappa shape index (κ3) is 3.67. The van der Waals surface area contributed by atoms with Gasteiger partial charge in [-0.15, -0.1) is 0 Å². The molecule has 0 aliphatic heterocycles. The summed E-state index contributed by atoms with van der Waals surface area (Å²) in [4.78, 5) is 11.9. The van der Waals surface area contributed by atoms with Crippen molar-refractivity contribution in [2.75, 3.05) is 0 Å². The number of benzene rings is 2. The smallest absolute Gasteiger partial charge is 0.244 e. The van der Waals surface area contributed by atoms with E-state index in [0.29, 0.717) is 6.42 Å². The fourth-order valence-electron chi connectivity index (χ4n) is 2.23. The van der Waals surface area contributed by atoms with Gasteiger partial charge in [-0.2, -0.15) is 5.10 Å². The molecule has 2 aromatic rings. The van der Waals surface area contributed by atoms with Crippen molar-refractivity contribution in [2.45, 2.75) is 33.1 Å². The number of carbonyl (C=O) groups excluding carboxylic acids is 1. The summed E-state index contributed by atoms with van der Waals surface area (Å²) >= 11 is 0. The Labute approximate surface area is 119 Å². The minimum Gasteiger partial charge on any atom is -0.273 e. The minimum absolute atomic E-state index is 0.0724. The zero-order chi connectivity index (χ0) is 14.4. The Balaban J connectivity index is 2.09. The van der Waals surface area contributed by atoms with Gasteiger partial charge < -0.3 is 0 Å². The topological polar surface area (TPSA) is 41.5 Å². The maximum Gasteiger partial charge on any atom is 0.244 e. The second-order valence-corrected chi connectivity index (χ2v) is 4.95. The first-order valence-electron chi connectivity index (χ1n) is 6.99. The van der Waals surface area contributed by atoms with E-state index in [9.17, 15) is 4.79 Å². The molecule has 3 nitrogen and oxygen atoms in total. The Morgan fingerprint density at radius 3 is 2.70 bits per heavy atom. The average Bonchev–Trinajstić information content (AvgIpc) is 2.46. The molecular weight excluding hydrogens is 248 g/mol. The molecule has 0 radical (unpaired) electrons. The predicted molar refractivity (Wildman–Crippen MR) is 83.8 cm³/mol. The second kappa shape index (κ2) is 6.85. The molecule has 20 heavy (non-hydrogen) atoms. The lowest BCUT2D eigenvalue weighted by Crippen LogP contribution is -2.21. The van der Waals surface area contributed by atoms with Gasteiger partial charge in [-0.05, 0) is 29.7 Å². The maximum atomic E-state index is 11.9. The number of amides is 1. The third-order valence-corrected chi connectivity index (χ3v) is 3.21. The van der Waals surface area contributed by atoms with Crippen LogP contribution in [0, 0.1) is 0 Å². The maximum absolute atomic E-state index is 11.9. The van der Waals surface area contributed by atoms with Crippen molar-refractivity contribution in [3.8, 4) is 0 Å². The van der Waals surface area contributed by atoms with Gasteiger partial charge in [0.2, 0.25) is 5.91 Å². The number of hydrogen-bond acceptors (Lipinski definition) is 2. The molecule has 2 rings (SSSR count). The van der Waals surface area contributed by atoms with Gasteiger partial charge in [-0.25, -0.2) is 5.43 Å². The Morgan fingerprint density at radius 1 is 1.15 bits per heavy atom. The van der Waals surface area contributed by atoms with Crippen LogP contribution in [-0.4, -0.2) is 11.6 Å². The van der Waals surface area contributed by atoms with Crippen LogP contribution in [0.5, 0.6) is 0 Å². The highest BCUT2D eigenvalue weighted by Gasteiger charge is 2.06. The molecule has 1 N–H and O–H groups in total. The Morgan fingerprint density at radius 2 is 1.90 bits per heavy atom. The first-order chi connectivity index (χ1) is 9.70. The summed E-state index contributed by atoms with van der Waals surface area (Å²) in [6.45, 7) is 4.03. The van der Waals surface area contributed by atoms with Gasteiger partial charge in [-0.3, -0.25) is 4.79 Å². The van der Waals surface area contributed by atoms with Crippen molar-refractivity contribution in [3.05, 3.63) is 48.0 Å². The summed E-state index contributed by atoms with van der Waals surface area (Å²) in [6.07, 6.45) is 2.30. The Bertz CT molecular complexity index is 626. The van der Waals surface area contributed by atoms with Gasteiger partial charge in [0.15, 0.2) is 0 Å². The van der Waals surface area contributed by atoms with Crippen molar-refractivity contribution in [1.82, 2.24) is 5.43 Å². The number of hydrogen-bond donors (Lipinski definition) is 1. The fraction of sp³-hybridized carbons (Fsp3) is 0.294. The first-order valence-corrected chi connectivity index (χ1v) is 6.99. The normalized spacial score (nSPS) is 11.6. The minimum atomic E-state index is -0.0724. The summed E-state index contributed by atoms with van der Waals surface area (Å²) in [5.74, 6) is -0.0724. The second-order valence-electron chi connectivity index (χ2n) is 4.95. The van der Waals surface area contributed by atoms with Crippen LogP contribution in [0.25, 0.3) is 10.8 Å². The molecule has 3 heteroatoms. The van der Waals surface area contributed by atoms with Gasteiger partial charge in [0.05, 0.1) is 6.42 Å². The molecule has 0 heterocycles. The number of fused-ring (bicyclic) bond motifs is 1. The van der Waals surface area contributed by atoms with Crippen molar-refractivity contribution < 1.29 is 4.79 Å². The lowest BCUT2D eigenvalue weighted by Gasteiger charge is -2.06. The highest BCUT2D eigenvalue weighted by molar-refractivity contribution is 5.90. The van der Waals surface area contributed by atoms with Gasteiger partial charge in [0, 0.05) is 5.71 Å². The molecule has 0 aliphatic carbocycles. The molecule has 2 aromatic carbocycles. The van der Waals surface area contributed by atoms with E-state index in [1.807, 2.05) is 37.3 Å². The standard InChI is InChI=1S/C17H20N2O/c1-3-7-13(2)18-19-17(20)12-15-10-6-9-14-8-4-5-11-16(14)15/h4-6,8-11H,3,7,12H2,1-2H3,(H,19,20). The van der Waals surface area contributed by atoms with Crippen LogP contribution in [0.1, 0.15) is 32.3 Å². The molecule has 0 aromatic heterocycles. The average molecular weight is 268 g/mol. The molecule has 0 unspecified atom stereocenters. The molecule has 0 saturated heterocycles. The van der Waals surface area contributed by atoms with Crippen LogP contribution in [0.2, 0.25) is 0 Å². The number of rotatable bonds is 5. The number of hydrazone groups is 1. The van der Waals surface area contributed by atoms with Crippen molar-refractivity contribution in [3.63, 3.8) is 0 Å². The lowest BCUT2D eigenvalue weighted by molar-refractivity contribution is -0.120. The van der Waals surface area contributed by atoms with Gasteiger partial charge >= 0.3 is 0 Å². The number of nitrogens with one attached hydrogen (secondary N) is 1. The van der Waals surface area contributed by atoms with Gasteiger partial charge in [0.1, 0.15) is 0 Å². The molecule has 104 valence electrons. The Kier molecular flexibility index (Phi) is 4.88. The highest BCUT2D eigenvalue weighted by atomic mass is 16.2. The van der Waals surface area contributed by atoms with E-state index in [4.69, 9.17) is 0 Å². The van der Waals surface area contributed by atoms with E-state index in [0.717, 1.165) is 34.9 Å². The van der Waals surface area contributed by atoms with E-state index in [1.54, 1.807) is 0 Å². The highest BCUT2D eigenvalue weighted by Crippen LogP contribution is 2.18. The zero-order valence-corrected chi connectivity index (χ0v) is 12.0. The molecule has 0 atom stereocenters. The lowest BCUT2D eigenvalue weighted by atomic mass is 10.0. The quantitative estimate of drug-likeness (QED) is 0.652. The summed E-state index contributed by atoms with van der Waals surface area (Å²) in [5, 5.41) is 6.39. The molecule has 1 amide bonds. The molecule has 0 bridgehead atoms. The fourth-order valence-corrected chi connectivity index (χ4v) is 2.23. The van der Waals surface area contributed by atoms with E-state index < -0.39 is 0 Å². The van der Waals surface area contributed by atoms with Gasteiger partial charge in [-0.1, -0.05) is 55.8 Å². The zero-order valence-electron chi connectivity index (χ0n) is 12.0. The molecule has 0 spiro atoms. The SMILES string of the molecule is CCCC(C)=NNC(=O)Cc1cccc2ccccc12. The number of nitrogens with zero attached hydrogens (tertiary/aromatic N) is 1. The molecule has 0 fully saturated rings. The van der Waals surface area contributed by atoms with E-state index in [-0.39, 0.29) is 5.91 Å². The van der Waals surface area contributed by atoms with Crippen LogP contribution in [0.15, 0.2) is 47.6 Å². The largest absolute Gasteiger partial charge is 0.273 e. The van der Waals surface area contributed by atoms with E-state index in [1.165, 1.54) is 0 Å². The molecular formula is C17H20N2O. The van der Waals surface area contributed by atoms with Crippen LogP contribution < -0.4 is 5.43 Å². The van der Waals surface area contributed by atoms with Crippen LogP contribution in [-0.2, 0) is 11.2 Å². The summed E-state index contributed by atoms with van der Waals surface area (Å²) in [6, 6.07) is 14.1. The van der Waals surface area contributed by atoms with Crippen molar-refractivity contribution in [1.29, 1.82) is 0 Å². The van der Waals surface area contributed by atoms with E-state index >= 15 is 0 Å². The van der Waals surface area contributed by atoms with Crippen LogP contribution in [0.3, 0.4) is 0 Å². The molecule has 0 aliphatic rings. The first kappa shape index (κ1) is 14.3. The molecule has 0 saturated carbocycles.